The van der Waals surface area contributed by atoms with Crippen molar-refractivity contribution in [3.63, 3.8) is 0 Å². The largest absolute Gasteiger partial charge is 0.345 e. The number of hydrogen-bond acceptors (Lipinski definition) is 4. The summed E-state index contributed by atoms with van der Waals surface area (Å²) < 4.78 is 0. The molecule has 5 heteroatoms. The van der Waals surface area contributed by atoms with Crippen LogP contribution in [0.15, 0.2) is 41.7 Å². The minimum absolute atomic E-state index is 0.258. The Hall–Kier alpha value is -1.98. The molecule has 0 bridgehead atoms. The number of benzene rings is 1. The van der Waals surface area contributed by atoms with Crippen molar-refractivity contribution in [2.24, 2.45) is 0 Å². The summed E-state index contributed by atoms with van der Waals surface area (Å²) in [5, 5.41) is 1.05. The van der Waals surface area contributed by atoms with Crippen molar-refractivity contribution in [1.29, 1.82) is 0 Å². The highest BCUT2D eigenvalue weighted by Crippen LogP contribution is 2.26. The molecule has 1 aliphatic rings. The van der Waals surface area contributed by atoms with Crippen molar-refractivity contribution in [3.05, 3.63) is 53.1 Å². The molecule has 1 aliphatic heterocycles. The number of aromatic amines is 1. The van der Waals surface area contributed by atoms with E-state index in [4.69, 9.17) is 0 Å². The van der Waals surface area contributed by atoms with Gasteiger partial charge in [-0.2, -0.15) is 4.98 Å². The van der Waals surface area contributed by atoms with Gasteiger partial charge in [-0.1, -0.05) is 31.2 Å². The molecule has 2 unspecified atom stereocenters. The van der Waals surface area contributed by atoms with E-state index in [2.05, 4.69) is 40.2 Å². The number of nitrogens with one attached hydrogen (secondary N) is 1. The van der Waals surface area contributed by atoms with E-state index < -0.39 is 0 Å². The summed E-state index contributed by atoms with van der Waals surface area (Å²) in [7, 11) is 0. The summed E-state index contributed by atoms with van der Waals surface area (Å²) in [6.45, 7) is 13.7. The number of aromatic nitrogens is 2. The Labute approximate surface area is 149 Å². The zero-order valence-electron chi connectivity index (χ0n) is 15.2. The molecule has 2 atom stereocenters. The molecule has 25 heavy (non-hydrogen) atoms. The van der Waals surface area contributed by atoms with E-state index in [9.17, 15) is 4.79 Å². The Morgan fingerprint density at radius 2 is 1.96 bits per heavy atom. The SMILES string of the molecule is C=CCN1CCN(C(C)CC(C)c2[nH]c(=O)nc3ccccc23)CC1. The lowest BCUT2D eigenvalue weighted by atomic mass is 9.95. The second kappa shape index (κ2) is 7.93. The molecule has 1 aromatic heterocycles. The highest BCUT2D eigenvalue weighted by atomic mass is 16.1. The van der Waals surface area contributed by atoms with Gasteiger partial charge in [0, 0.05) is 49.8 Å². The molecule has 2 aromatic rings. The van der Waals surface area contributed by atoms with Gasteiger partial charge in [0.2, 0.25) is 0 Å². The fourth-order valence-corrected chi connectivity index (χ4v) is 3.86. The zero-order valence-corrected chi connectivity index (χ0v) is 15.2. The van der Waals surface area contributed by atoms with E-state index >= 15 is 0 Å². The lowest BCUT2D eigenvalue weighted by Gasteiger charge is -2.38. The van der Waals surface area contributed by atoms with Gasteiger partial charge in [0.05, 0.1) is 5.52 Å². The summed E-state index contributed by atoms with van der Waals surface area (Å²) in [5.41, 5.74) is 1.53. The highest BCUT2D eigenvalue weighted by Gasteiger charge is 2.23. The van der Waals surface area contributed by atoms with Crippen LogP contribution in [0.3, 0.4) is 0 Å². The smallest absolute Gasteiger partial charge is 0.309 e. The van der Waals surface area contributed by atoms with E-state index in [1.807, 2.05) is 30.3 Å². The van der Waals surface area contributed by atoms with Crippen LogP contribution in [0.1, 0.15) is 31.9 Å². The van der Waals surface area contributed by atoms with Gasteiger partial charge in [-0.25, -0.2) is 4.79 Å². The number of fused-ring (bicyclic) bond motifs is 1. The molecule has 2 heterocycles. The van der Waals surface area contributed by atoms with Crippen molar-refractivity contribution >= 4 is 10.9 Å². The Balaban J connectivity index is 1.69. The second-order valence-corrected chi connectivity index (χ2v) is 7.08. The van der Waals surface area contributed by atoms with Crippen molar-refractivity contribution in [2.45, 2.75) is 32.2 Å². The van der Waals surface area contributed by atoms with Crippen LogP contribution in [-0.2, 0) is 0 Å². The molecular weight excluding hydrogens is 312 g/mol. The Morgan fingerprint density at radius 1 is 1.24 bits per heavy atom. The summed E-state index contributed by atoms with van der Waals surface area (Å²) in [6, 6.07) is 8.36. The van der Waals surface area contributed by atoms with Crippen LogP contribution in [0.25, 0.3) is 10.9 Å². The first-order valence-electron chi connectivity index (χ1n) is 9.14. The van der Waals surface area contributed by atoms with Crippen molar-refractivity contribution in [1.82, 2.24) is 19.8 Å². The van der Waals surface area contributed by atoms with Crippen LogP contribution < -0.4 is 5.69 Å². The van der Waals surface area contributed by atoms with Crippen molar-refractivity contribution < 1.29 is 0 Å². The molecule has 1 aromatic carbocycles. The van der Waals surface area contributed by atoms with Gasteiger partial charge in [-0.15, -0.1) is 6.58 Å². The maximum Gasteiger partial charge on any atom is 0.345 e. The van der Waals surface area contributed by atoms with Crippen LogP contribution in [0, 0.1) is 0 Å². The van der Waals surface area contributed by atoms with Gasteiger partial charge in [0.15, 0.2) is 0 Å². The molecular formula is C20H28N4O. The Morgan fingerprint density at radius 3 is 2.68 bits per heavy atom. The number of piperazine rings is 1. The maximum absolute atomic E-state index is 11.9. The summed E-state index contributed by atoms with van der Waals surface area (Å²) in [6.07, 6.45) is 3.00. The van der Waals surface area contributed by atoms with Gasteiger partial charge in [0.25, 0.3) is 0 Å². The normalized spacial score (nSPS) is 19.0. The van der Waals surface area contributed by atoms with E-state index in [0.717, 1.165) is 55.7 Å². The standard InChI is InChI=1S/C20H28N4O/c1-4-9-23-10-12-24(13-11-23)16(3)14-15(2)19-17-7-5-6-8-18(17)21-20(25)22-19/h4-8,15-16H,1,9-14H2,2-3H3,(H,21,22,25). The molecule has 1 fully saturated rings. The Bertz CT molecular complexity index is 777. The van der Waals surface area contributed by atoms with Crippen LogP contribution >= 0.6 is 0 Å². The van der Waals surface area contributed by atoms with E-state index in [1.54, 1.807) is 0 Å². The summed E-state index contributed by atoms with van der Waals surface area (Å²) in [5.74, 6) is 0.279. The van der Waals surface area contributed by atoms with Gasteiger partial charge >= 0.3 is 5.69 Å². The fraction of sp³-hybridized carbons (Fsp3) is 0.500. The molecule has 5 nitrogen and oxygen atoms in total. The first-order chi connectivity index (χ1) is 12.1. The van der Waals surface area contributed by atoms with Crippen molar-refractivity contribution in [2.75, 3.05) is 32.7 Å². The zero-order chi connectivity index (χ0) is 17.8. The van der Waals surface area contributed by atoms with Gasteiger partial charge < -0.3 is 4.98 Å². The van der Waals surface area contributed by atoms with E-state index in [-0.39, 0.29) is 11.6 Å². The van der Waals surface area contributed by atoms with Crippen molar-refractivity contribution in [3.8, 4) is 0 Å². The average molecular weight is 340 g/mol. The first-order valence-corrected chi connectivity index (χ1v) is 9.14. The minimum Gasteiger partial charge on any atom is -0.309 e. The molecule has 1 saturated heterocycles. The van der Waals surface area contributed by atoms with Crippen LogP contribution in [0.5, 0.6) is 0 Å². The quantitative estimate of drug-likeness (QED) is 0.821. The molecule has 0 aliphatic carbocycles. The average Bonchev–Trinajstić information content (AvgIpc) is 2.61. The minimum atomic E-state index is -0.258. The van der Waals surface area contributed by atoms with Crippen LogP contribution in [0.2, 0.25) is 0 Å². The molecule has 3 rings (SSSR count). The maximum atomic E-state index is 11.9. The highest BCUT2D eigenvalue weighted by molar-refractivity contribution is 5.80. The summed E-state index contributed by atoms with van der Waals surface area (Å²) >= 11 is 0. The summed E-state index contributed by atoms with van der Waals surface area (Å²) in [4.78, 5) is 24.0. The number of hydrogen-bond donors (Lipinski definition) is 1. The van der Waals surface area contributed by atoms with Gasteiger partial charge in [-0.05, 0) is 25.3 Å². The molecule has 134 valence electrons. The third-order valence-corrected chi connectivity index (χ3v) is 5.26. The predicted octanol–water partition coefficient (Wildman–Crippen LogP) is 2.61. The monoisotopic (exact) mass is 340 g/mol. The molecule has 0 amide bonds. The predicted molar refractivity (Wildman–Crippen MR) is 103 cm³/mol. The van der Waals surface area contributed by atoms with Crippen LogP contribution in [-0.4, -0.2) is 58.5 Å². The number of H-pyrrole nitrogens is 1. The topological polar surface area (TPSA) is 52.2 Å². The van der Waals surface area contributed by atoms with E-state index in [0.29, 0.717) is 6.04 Å². The fourth-order valence-electron chi connectivity index (χ4n) is 3.86. The molecule has 0 saturated carbocycles. The van der Waals surface area contributed by atoms with E-state index in [1.165, 1.54) is 0 Å². The number of nitrogens with zero attached hydrogens (tertiary/aromatic N) is 3. The lowest BCUT2D eigenvalue weighted by Crippen LogP contribution is -2.49. The Kier molecular flexibility index (Phi) is 5.66. The number of rotatable bonds is 6. The van der Waals surface area contributed by atoms with Gasteiger partial charge in [0.1, 0.15) is 0 Å². The molecule has 0 radical (unpaired) electrons. The molecule has 1 N–H and O–H groups in total. The second-order valence-electron chi connectivity index (χ2n) is 7.08. The lowest BCUT2D eigenvalue weighted by molar-refractivity contribution is 0.103. The number of para-hydroxylation sites is 1. The third kappa shape index (κ3) is 4.17. The third-order valence-electron chi connectivity index (χ3n) is 5.26. The molecule has 0 spiro atoms. The first kappa shape index (κ1) is 17.8. The van der Waals surface area contributed by atoms with Gasteiger partial charge in [-0.3, -0.25) is 9.80 Å². The van der Waals surface area contributed by atoms with Crippen LogP contribution in [0.4, 0.5) is 0 Å².